The average molecular weight is 182 g/mol. The van der Waals surface area contributed by atoms with Crippen molar-refractivity contribution in [1.82, 2.24) is 9.88 Å². The van der Waals surface area contributed by atoms with Crippen LogP contribution in [0.5, 0.6) is 0 Å². The Hall–Kier alpha value is -1.32. The van der Waals surface area contributed by atoms with Gasteiger partial charge in [0.25, 0.3) is 0 Å². The van der Waals surface area contributed by atoms with E-state index < -0.39 is 0 Å². The van der Waals surface area contributed by atoms with E-state index in [0.29, 0.717) is 12.4 Å². The van der Waals surface area contributed by atoms with Gasteiger partial charge in [0, 0.05) is 6.54 Å². The summed E-state index contributed by atoms with van der Waals surface area (Å²) in [5.74, 6) is 0.682. The molecule has 0 radical (unpaired) electrons. The van der Waals surface area contributed by atoms with Crippen molar-refractivity contribution >= 4 is 5.91 Å². The lowest BCUT2D eigenvalue weighted by Gasteiger charge is -1.99. The highest BCUT2D eigenvalue weighted by Crippen LogP contribution is 1.94. The van der Waals surface area contributed by atoms with E-state index in [1.165, 1.54) is 0 Å². The largest absolute Gasteiger partial charge is 0.347 e. The van der Waals surface area contributed by atoms with Crippen LogP contribution in [0.25, 0.3) is 0 Å². The highest BCUT2D eigenvalue weighted by molar-refractivity contribution is 5.89. The molecule has 0 aromatic carbocycles. The van der Waals surface area contributed by atoms with Crippen LogP contribution >= 0.6 is 0 Å². The number of nitrogens with one attached hydrogen (secondary N) is 1. The number of hydrogen-bond donors (Lipinski definition) is 1. The van der Waals surface area contributed by atoms with Crippen molar-refractivity contribution in [2.45, 2.75) is 20.4 Å². The number of hydrogen-bond acceptors (Lipinski definition) is 1. The number of rotatable bonds is 3. The van der Waals surface area contributed by atoms with Gasteiger partial charge in [0.1, 0.15) is 12.4 Å². The Morgan fingerprint density at radius 2 is 2.31 bits per heavy atom. The Morgan fingerprint density at radius 3 is 2.85 bits per heavy atom. The molecule has 0 atom stereocenters. The SMILES string of the molecule is CCNC(=O)c1n(CC)cc[n+]1C. The van der Waals surface area contributed by atoms with E-state index in [1.54, 1.807) is 0 Å². The molecule has 1 heterocycles. The normalized spacial score (nSPS) is 10.1. The zero-order valence-corrected chi connectivity index (χ0v) is 8.37. The Kier molecular flexibility index (Phi) is 3.06. The summed E-state index contributed by atoms with van der Waals surface area (Å²) in [5.41, 5.74) is 0. The molecular formula is C9H16N3O+. The van der Waals surface area contributed by atoms with Gasteiger partial charge in [-0.05, 0) is 13.8 Å². The summed E-state index contributed by atoms with van der Waals surface area (Å²) in [6.45, 7) is 5.40. The second kappa shape index (κ2) is 4.07. The van der Waals surface area contributed by atoms with E-state index in [4.69, 9.17) is 0 Å². The fraction of sp³-hybridized carbons (Fsp3) is 0.556. The minimum absolute atomic E-state index is 0.0168. The molecule has 4 heteroatoms. The third kappa shape index (κ3) is 1.88. The van der Waals surface area contributed by atoms with Crippen LogP contribution in [0.2, 0.25) is 0 Å². The van der Waals surface area contributed by atoms with Crippen LogP contribution in [0.15, 0.2) is 12.4 Å². The summed E-state index contributed by atoms with van der Waals surface area (Å²) in [5, 5.41) is 2.78. The van der Waals surface area contributed by atoms with Crippen LogP contribution in [-0.2, 0) is 13.6 Å². The average Bonchev–Trinajstić information content (AvgIpc) is 2.47. The lowest BCUT2D eigenvalue weighted by molar-refractivity contribution is -0.673. The second-order valence-corrected chi connectivity index (χ2v) is 2.88. The van der Waals surface area contributed by atoms with Crippen molar-refractivity contribution in [1.29, 1.82) is 0 Å². The zero-order valence-electron chi connectivity index (χ0n) is 8.37. The van der Waals surface area contributed by atoms with Gasteiger partial charge >= 0.3 is 11.7 Å². The van der Waals surface area contributed by atoms with Crippen LogP contribution in [-0.4, -0.2) is 17.0 Å². The van der Waals surface area contributed by atoms with Crippen molar-refractivity contribution in [2.75, 3.05) is 6.54 Å². The highest BCUT2D eigenvalue weighted by atomic mass is 16.2. The Bertz CT molecular complexity index is 304. The molecule has 1 aromatic heterocycles. The van der Waals surface area contributed by atoms with Crippen molar-refractivity contribution in [2.24, 2.45) is 7.05 Å². The maximum atomic E-state index is 11.6. The minimum Gasteiger partial charge on any atom is -0.346 e. The quantitative estimate of drug-likeness (QED) is 0.661. The molecule has 0 spiro atoms. The summed E-state index contributed by atoms with van der Waals surface area (Å²) in [6, 6.07) is 0. The first-order valence-electron chi connectivity index (χ1n) is 4.53. The van der Waals surface area contributed by atoms with Crippen molar-refractivity contribution in [3.8, 4) is 0 Å². The Balaban J connectivity index is 2.96. The molecule has 0 bridgehead atoms. The van der Waals surface area contributed by atoms with E-state index in [0.717, 1.165) is 6.54 Å². The van der Waals surface area contributed by atoms with Crippen LogP contribution in [0.1, 0.15) is 24.5 Å². The van der Waals surface area contributed by atoms with Gasteiger partial charge in [0.2, 0.25) is 0 Å². The molecule has 0 saturated carbocycles. The summed E-state index contributed by atoms with van der Waals surface area (Å²) >= 11 is 0. The number of nitrogens with zero attached hydrogens (tertiary/aromatic N) is 2. The minimum atomic E-state index is -0.0168. The lowest BCUT2D eigenvalue weighted by atomic mass is 10.5. The van der Waals surface area contributed by atoms with Gasteiger partial charge in [-0.15, -0.1) is 0 Å². The predicted octanol–water partition coefficient (Wildman–Crippen LogP) is 0.0822. The summed E-state index contributed by atoms with van der Waals surface area (Å²) in [7, 11) is 1.87. The smallest absolute Gasteiger partial charge is 0.346 e. The van der Waals surface area contributed by atoms with E-state index in [-0.39, 0.29) is 5.91 Å². The van der Waals surface area contributed by atoms with Gasteiger partial charge < -0.3 is 5.32 Å². The van der Waals surface area contributed by atoms with Crippen LogP contribution in [0.4, 0.5) is 0 Å². The molecule has 1 amide bonds. The summed E-state index contributed by atoms with van der Waals surface area (Å²) < 4.78 is 3.75. The van der Waals surface area contributed by atoms with E-state index in [2.05, 4.69) is 5.32 Å². The molecule has 0 aliphatic carbocycles. The summed E-state index contributed by atoms with van der Waals surface area (Å²) in [6.07, 6.45) is 3.79. The highest BCUT2D eigenvalue weighted by Gasteiger charge is 2.21. The van der Waals surface area contributed by atoms with Crippen molar-refractivity contribution in [3.05, 3.63) is 18.2 Å². The van der Waals surface area contributed by atoms with Gasteiger partial charge in [-0.1, -0.05) is 0 Å². The second-order valence-electron chi connectivity index (χ2n) is 2.88. The van der Waals surface area contributed by atoms with Crippen molar-refractivity contribution < 1.29 is 9.36 Å². The standard InChI is InChI=1S/C9H15N3O/c1-4-10-8(13)9-11(3)6-7-12(9)5-2/h6-7H,4-5H2,1-3H3/p+1. The number of aromatic nitrogens is 2. The first kappa shape index (κ1) is 9.77. The third-order valence-corrected chi connectivity index (χ3v) is 1.96. The molecule has 1 N–H and O–H groups in total. The molecule has 0 unspecified atom stereocenters. The number of aryl methyl sites for hydroxylation is 2. The van der Waals surface area contributed by atoms with Crippen LogP contribution < -0.4 is 9.88 Å². The molecule has 0 aliphatic heterocycles. The monoisotopic (exact) mass is 182 g/mol. The molecule has 0 fully saturated rings. The van der Waals surface area contributed by atoms with Gasteiger partial charge in [-0.2, -0.15) is 0 Å². The topological polar surface area (TPSA) is 37.9 Å². The Labute approximate surface area is 78.2 Å². The molecular weight excluding hydrogens is 166 g/mol. The number of amides is 1. The van der Waals surface area contributed by atoms with E-state index in [1.807, 2.05) is 42.4 Å². The number of imidazole rings is 1. The van der Waals surface area contributed by atoms with Gasteiger partial charge in [0.15, 0.2) is 0 Å². The first-order chi connectivity index (χ1) is 6.20. The molecule has 72 valence electrons. The van der Waals surface area contributed by atoms with Crippen molar-refractivity contribution in [3.63, 3.8) is 0 Å². The molecule has 0 aliphatic rings. The maximum Gasteiger partial charge on any atom is 0.347 e. The van der Waals surface area contributed by atoms with Crippen LogP contribution in [0, 0.1) is 0 Å². The van der Waals surface area contributed by atoms with Gasteiger partial charge in [0.05, 0.1) is 13.6 Å². The van der Waals surface area contributed by atoms with Gasteiger partial charge in [-0.25, -0.2) is 9.13 Å². The maximum absolute atomic E-state index is 11.6. The molecule has 0 saturated heterocycles. The summed E-state index contributed by atoms with van der Waals surface area (Å²) in [4.78, 5) is 11.6. The fourth-order valence-corrected chi connectivity index (χ4v) is 1.31. The fourth-order valence-electron chi connectivity index (χ4n) is 1.31. The van der Waals surface area contributed by atoms with E-state index in [9.17, 15) is 4.79 Å². The molecule has 4 nitrogen and oxygen atoms in total. The molecule has 13 heavy (non-hydrogen) atoms. The third-order valence-electron chi connectivity index (χ3n) is 1.96. The predicted molar refractivity (Wildman–Crippen MR) is 49.3 cm³/mol. The number of carbonyl (C=O) groups is 1. The molecule has 1 aromatic rings. The molecule has 1 rings (SSSR count). The van der Waals surface area contributed by atoms with Gasteiger partial charge in [-0.3, -0.25) is 4.79 Å². The van der Waals surface area contributed by atoms with E-state index >= 15 is 0 Å². The Morgan fingerprint density at radius 1 is 1.62 bits per heavy atom. The lowest BCUT2D eigenvalue weighted by Crippen LogP contribution is -2.40. The first-order valence-corrected chi connectivity index (χ1v) is 4.53. The zero-order chi connectivity index (χ0) is 9.84. The number of carbonyl (C=O) groups excluding carboxylic acids is 1. The van der Waals surface area contributed by atoms with Crippen LogP contribution in [0.3, 0.4) is 0 Å².